The molecule has 0 spiro atoms. The number of thiazole rings is 1. The standard InChI is InChI=1S/C11H15N5S/c1-16(6-10-7-17-8-15-10)11-13-4-9(2-3-12)5-14-11/h4-5,7-8H,2-3,6,12H2,1H3. The molecule has 0 saturated heterocycles. The fourth-order valence-electron chi connectivity index (χ4n) is 1.47. The second-order valence-corrected chi connectivity index (χ2v) is 4.48. The van der Waals surface area contributed by atoms with Crippen molar-refractivity contribution < 1.29 is 0 Å². The molecule has 5 nitrogen and oxygen atoms in total. The van der Waals surface area contributed by atoms with E-state index in [1.54, 1.807) is 11.3 Å². The molecular formula is C11H15N5S. The summed E-state index contributed by atoms with van der Waals surface area (Å²) < 4.78 is 0. The molecule has 0 fully saturated rings. The van der Waals surface area contributed by atoms with E-state index in [2.05, 4.69) is 15.0 Å². The number of hydrogen-bond acceptors (Lipinski definition) is 6. The lowest BCUT2D eigenvalue weighted by atomic mass is 10.2. The van der Waals surface area contributed by atoms with Gasteiger partial charge in [-0.3, -0.25) is 0 Å². The fourth-order valence-corrected chi connectivity index (χ4v) is 2.02. The first-order chi connectivity index (χ1) is 8.29. The molecule has 2 N–H and O–H groups in total. The van der Waals surface area contributed by atoms with Crippen molar-refractivity contribution in [2.45, 2.75) is 13.0 Å². The lowest BCUT2D eigenvalue weighted by Crippen LogP contribution is -2.19. The van der Waals surface area contributed by atoms with E-state index in [4.69, 9.17) is 5.73 Å². The molecule has 2 aromatic rings. The van der Waals surface area contributed by atoms with Crippen LogP contribution in [0.2, 0.25) is 0 Å². The summed E-state index contributed by atoms with van der Waals surface area (Å²) in [5.74, 6) is 0.707. The zero-order valence-corrected chi connectivity index (χ0v) is 10.5. The molecule has 0 aliphatic heterocycles. The monoisotopic (exact) mass is 249 g/mol. The highest BCUT2D eigenvalue weighted by molar-refractivity contribution is 7.07. The van der Waals surface area contributed by atoms with Crippen LogP contribution in [-0.2, 0) is 13.0 Å². The van der Waals surface area contributed by atoms with Crippen molar-refractivity contribution >= 4 is 17.3 Å². The SMILES string of the molecule is CN(Cc1cscn1)c1ncc(CCN)cn1. The second-order valence-electron chi connectivity index (χ2n) is 3.77. The van der Waals surface area contributed by atoms with Crippen LogP contribution in [0, 0.1) is 0 Å². The van der Waals surface area contributed by atoms with Crippen LogP contribution in [0.3, 0.4) is 0 Å². The molecule has 2 aromatic heterocycles. The van der Waals surface area contributed by atoms with Crippen LogP contribution in [0.1, 0.15) is 11.3 Å². The van der Waals surface area contributed by atoms with Crippen LogP contribution in [0.4, 0.5) is 5.95 Å². The minimum Gasteiger partial charge on any atom is -0.338 e. The van der Waals surface area contributed by atoms with Gasteiger partial charge in [-0.2, -0.15) is 0 Å². The van der Waals surface area contributed by atoms with E-state index in [9.17, 15) is 0 Å². The van der Waals surface area contributed by atoms with Crippen molar-refractivity contribution in [1.29, 1.82) is 0 Å². The second kappa shape index (κ2) is 5.70. The highest BCUT2D eigenvalue weighted by Crippen LogP contribution is 2.10. The van der Waals surface area contributed by atoms with Gasteiger partial charge in [-0.05, 0) is 18.5 Å². The fraction of sp³-hybridized carbons (Fsp3) is 0.364. The molecule has 0 atom stereocenters. The number of nitrogens with two attached hydrogens (primary N) is 1. The largest absolute Gasteiger partial charge is 0.338 e. The van der Waals surface area contributed by atoms with Gasteiger partial charge in [0, 0.05) is 24.8 Å². The van der Waals surface area contributed by atoms with Crippen molar-refractivity contribution in [1.82, 2.24) is 15.0 Å². The minimum atomic E-state index is 0.622. The van der Waals surface area contributed by atoms with Crippen molar-refractivity contribution in [2.75, 3.05) is 18.5 Å². The maximum absolute atomic E-state index is 5.48. The lowest BCUT2D eigenvalue weighted by molar-refractivity contribution is 0.838. The number of hydrogen-bond donors (Lipinski definition) is 1. The third kappa shape index (κ3) is 3.21. The van der Waals surface area contributed by atoms with Gasteiger partial charge in [0.1, 0.15) is 0 Å². The summed E-state index contributed by atoms with van der Waals surface area (Å²) in [6.45, 7) is 1.34. The summed E-state index contributed by atoms with van der Waals surface area (Å²) in [6, 6.07) is 0. The van der Waals surface area contributed by atoms with E-state index in [-0.39, 0.29) is 0 Å². The van der Waals surface area contributed by atoms with Gasteiger partial charge in [-0.25, -0.2) is 15.0 Å². The Morgan fingerprint density at radius 2 is 2.06 bits per heavy atom. The molecule has 17 heavy (non-hydrogen) atoms. The van der Waals surface area contributed by atoms with Crippen LogP contribution in [-0.4, -0.2) is 28.5 Å². The summed E-state index contributed by atoms with van der Waals surface area (Å²) in [7, 11) is 1.96. The molecule has 0 aliphatic rings. The number of anilines is 1. The number of aromatic nitrogens is 3. The van der Waals surface area contributed by atoms with Gasteiger partial charge >= 0.3 is 0 Å². The first-order valence-corrected chi connectivity index (χ1v) is 6.33. The smallest absolute Gasteiger partial charge is 0.225 e. The van der Waals surface area contributed by atoms with E-state index < -0.39 is 0 Å². The van der Waals surface area contributed by atoms with Crippen LogP contribution < -0.4 is 10.6 Å². The van der Waals surface area contributed by atoms with E-state index in [0.29, 0.717) is 12.5 Å². The van der Waals surface area contributed by atoms with E-state index in [1.165, 1.54) is 0 Å². The van der Waals surface area contributed by atoms with Crippen LogP contribution in [0.25, 0.3) is 0 Å². The average molecular weight is 249 g/mol. The van der Waals surface area contributed by atoms with Crippen molar-refractivity contribution in [2.24, 2.45) is 5.73 Å². The van der Waals surface area contributed by atoms with E-state index in [1.807, 2.05) is 35.2 Å². The molecule has 2 heterocycles. The zero-order chi connectivity index (χ0) is 12.1. The molecular weight excluding hydrogens is 234 g/mol. The average Bonchev–Trinajstić information content (AvgIpc) is 2.83. The highest BCUT2D eigenvalue weighted by atomic mass is 32.1. The normalized spacial score (nSPS) is 10.5. The van der Waals surface area contributed by atoms with Crippen molar-refractivity contribution in [3.8, 4) is 0 Å². The van der Waals surface area contributed by atoms with Crippen molar-refractivity contribution in [3.63, 3.8) is 0 Å². The van der Waals surface area contributed by atoms with Gasteiger partial charge in [0.2, 0.25) is 5.95 Å². The molecule has 2 rings (SSSR count). The minimum absolute atomic E-state index is 0.622. The Labute approximate surface area is 104 Å². The van der Waals surface area contributed by atoms with Gasteiger partial charge in [0.15, 0.2) is 0 Å². The molecule has 0 amide bonds. The Morgan fingerprint density at radius 1 is 1.29 bits per heavy atom. The molecule has 0 radical (unpaired) electrons. The Balaban J connectivity index is 2.01. The first-order valence-electron chi connectivity index (χ1n) is 5.39. The third-order valence-corrected chi connectivity index (χ3v) is 2.98. The highest BCUT2D eigenvalue weighted by Gasteiger charge is 2.06. The Bertz CT molecular complexity index is 439. The van der Waals surface area contributed by atoms with E-state index in [0.717, 1.165) is 24.2 Å². The van der Waals surface area contributed by atoms with Crippen LogP contribution in [0.15, 0.2) is 23.3 Å². The quantitative estimate of drug-likeness (QED) is 0.858. The Hall–Kier alpha value is -1.53. The summed E-state index contributed by atoms with van der Waals surface area (Å²) in [5.41, 5.74) is 9.41. The predicted octanol–water partition coefficient (Wildman–Crippen LogP) is 1.07. The molecule has 0 aromatic carbocycles. The molecule has 90 valence electrons. The zero-order valence-electron chi connectivity index (χ0n) is 9.71. The lowest BCUT2D eigenvalue weighted by Gasteiger charge is -2.15. The van der Waals surface area contributed by atoms with Crippen LogP contribution >= 0.6 is 11.3 Å². The van der Waals surface area contributed by atoms with Gasteiger partial charge in [-0.1, -0.05) is 0 Å². The third-order valence-electron chi connectivity index (χ3n) is 2.35. The maximum atomic E-state index is 5.48. The summed E-state index contributed by atoms with van der Waals surface area (Å²) in [6.07, 6.45) is 4.47. The van der Waals surface area contributed by atoms with Crippen molar-refractivity contribution in [3.05, 3.63) is 34.5 Å². The Morgan fingerprint density at radius 3 is 2.65 bits per heavy atom. The van der Waals surface area contributed by atoms with Crippen LogP contribution in [0.5, 0.6) is 0 Å². The molecule has 0 bridgehead atoms. The molecule has 0 saturated carbocycles. The summed E-state index contributed by atoms with van der Waals surface area (Å²) >= 11 is 1.59. The maximum Gasteiger partial charge on any atom is 0.225 e. The number of nitrogens with zero attached hydrogens (tertiary/aromatic N) is 4. The van der Waals surface area contributed by atoms with E-state index >= 15 is 0 Å². The van der Waals surface area contributed by atoms with Gasteiger partial charge in [0.05, 0.1) is 17.7 Å². The molecule has 0 aliphatic carbocycles. The van der Waals surface area contributed by atoms with Gasteiger partial charge in [-0.15, -0.1) is 11.3 Å². The topological polar surface area (TPSA) is 67.9 Å². The Kier molecular flexibility index (Phi) is 4.00. The first kappa shape index (κ1) is 11.9. The summed E-state index contributed by atoms with van der Waals surface area (Å²) in [5, 5.41) is 2.03. The van der Waals surface area contributed by atoms with Gasteiger partial charge in [0.25, 0.3) is 0 Å². The van der Waals surface area contributed by atoms with Gasteiger partial charge < -0.3 is 10.6 Å². The molecule has 6 heteroatoms. The number of rotatable bonds is 5. The predicted molar refractivity (Wildman–Crippen MR) is 69.0 cm³/mol. The summed E-state index contributed by atoms with van der Waals surface area (Å²) in [4.78, 5) is 14.8. The molecule has 0 unspecified atom stereocenters.